The lowest BCUT2D eigenvalue weighted by atomic mass is 10.2. The van der Waals surface area contributed by atoms with E-state index in [1.54, 1.807) is 31.5 Å². The lowest BCUT2D eigenvalue weighted by Crippen LogP contribution is -2.05. The van der Waals surface area contributed by atoms with Crippen LogP contribution >= 0.6 is 57.6 Å². The van der Waals surface area contributed by atoms with Crippen molar-refractivity contribution in [2.45, 2.75) is 60.0 Å². The highest BCUT2D eigenvalue weighted by Gasteiger charge is 2.22. The lowest BCUT2D eigenvalue weighted by molar-refractivity contribution is -0.114. The Labute approximate surface area is 618 Å². The zero-order valence-electron chi connectivity index (χ0n) is 56.1. The summed E-state index contributed by atoms with van der Waals surface area (Å²) in [6.45, 7) is 10.6. The number of hydrogen-bond donors (Lipinski definition) is 4. The van der Waals surface area contributed by atoms with Gasteiger partial charge in [-0.1, -0.05) is 100 Å². The van der Waals surface area contributed by atoms with Crippen molar-refractivity contribution in [2.24, 2.45) is 58.2 Å². The van der Waals surface area contributed by atoms with Crippen LogP contribution in [0.4, 0.5) is 49.8 Å². The van der Waals surface area contributed by atoms with Gasteiger partial charge in [-0.05, 0) is 106 Å². The number of carbonyl (C=O) groups is 1. The molecule has 0 fully saturated rings. The van der Waals surface area contributed by atoms with Gasteiger partial charge in [0.2, 0.25) is 29.0 Å². The number of benzene rings is 5. The Bertz CT molecular complexity index is 6120. The van der Waals surface area contributed by atoms with Crippen LogP contribution in [-0.2, 0) is 18.3 Å². The number of nitrogens with one attached hydrogen (secondary N) is 3. The number of rotatable bonds is 14. The lowest BCUT2D eigenvalue weighted by Gasteiger charge is -2.04. The van der Waals surface area contributed by atoms with Crippen LogP contribution < -0.4 is 5.32 Å². The first-order chi connectivity index (χ1) is 51.5. The summed E-state index contributed by atoms with van der Waals surface area (Å²) < 4.78 is 24.1. The average molecular weight is 1510 g/mol. The molecule has 2 unspecified atom stereocenters. The Morgan fingerprint density at radius 2 is 1.33 bits per heavy atom. The number of aryl methyl sites for hydroxylation is 6. The highest BCUT2D eigenvalue weighted by atomic mass is 35.5. The van der Waals surface area contributed by atoms with Crippen molar-refractivity contribution in [3.63, 3.8) is 0 Å². The van der Waals surface area contributed by atoms with E-state index in [1.807, 2.05) is 145 Å². The number of hydrogen-bond acceptors (Lipinski definition) is 33. The van der Waals surface area contributed by atoms with Gasteiger partial charge in [-0.15, -0.1) is 46.0 Å². The zero-order valence-corrected chi connectivity index (χ0v) is 60.1. The molecule has 1 amide bonds. The number of H-pyrrole nitrogens is 2. The van der Waals surface area contributed by atoms with Crippen molar-refractivity contribution in [3.05, 3.63) is 183 Å². The van der Waals surface area contributed by atoms with Crippen LogP contribution in [0.2, 0.25) is 10.2 Å². The van der Waals surface area contributed by atoms with Gasteiger partial charge in [0.1, 0.15) is 51.7 Å². The molecule has 4 N–H and O–H groups in total. The van der Waals surface area contributed by atoms with Gasteiger partial charge >= 0.3 is 6.01 Å². The van der Waals surface area contributed by atoms with Gasteiger partial charge in [0.05, 0.1) is 67.6 Å². The SMILES string of the molecule is CC(=O)Nc1cc(N=Nc2nncs2)ccc1O.CCc1noc(N=Nc2c(C)[nH]n3c2nc2ccccc23)n1.Cc1[nH]n2c(nc3ccccc32)c1N=Nc1ncnc(Cl)c1Cl.Cc1nsc(N=NC(C#N)c2nc3ccccc3n2C)c1C#N.Cc1nsc(N=NC(C#N)c2nc3ccccc3o2)n1. The number of halogens is 2. The number of aromatic nitrogens is 18. The number of aromatic amines is 2. The first-order valence-electron chi connectivity index (χ1n) is 31.0. The molecule has 41 heteroatoms. The topological polar surface area (TPSA) is 483 Å². The van der Waals surface area contributed by atoms with Crippen LogP contribution in [0, 0.1) is 61.7 Å². The van der Waals surface area contributed by atoms with E-state index in [0.29, 0.717) is 84.2 Å². The summed E-state index contributed by atoms with van der Waals surface area (Å²) in [6, 6.07) is 39.6. The van der Waals surface area contributed by atoms with E-state index in [0.717, 1.165) is 73.2 Å². The number of phenolic OH excluding ortho intramolecular Hbond substituents is 1. The molecular formula is C65H50Cl2N32O4S3. The Balaban J connectivity index is 0.000000125. The molecule has 0 aliphatic rings. The second-order valence-corrected chi connectivity index (χ2v) is 24.8. The van der Waals surface area contributed by atoms with Crippen LogP contribution in [-0.4, -0.2) is 98.8 Å². The summed E-state index contributed by atoms with van der Waals surface area (Å²) in [4.78, 5) is 44.7. The van der Waals surface area contributed by atoms with E-state index in [9.17, 15) is 15.2 Å². The quantitative estimate of drug-likeness (QED) is 0.0446. The maximum absolute atomic E-state index is 10.9. The maximum Gasteiger partial charge on any atom is 0.366 e. The van der Waals surface area contributed by atoms with Crippen molar-refractivity contribution in [1.29, 1.82) is 15.8 Å². The minimum absolute atomic E-state index is 0.0277. The summed E-state index contributed by atoms with van der Waals surface area (Å²) >= 11 is 15.3. The van der Waals surface area contributed by atoms with Crippen LogP contribution in [0.15, 0.2) is 187 Å². The van der Waals surface area contributed by atoms with E-state index in [2.05, 4.69) is 137 Å². The van der Waals surface area contributed by atoms with Crippen molar-refractivity contribution in [1.82, 2.24) is 87.8 Å². The van der Waals surface area contributed by atoms with Gasteiger partial charge in [0, 0.05) is 31.9 Å². The second-order valence-electron chi connectivity index (χ2n) is 21.8. The summed E-state index contributed by atoms with van der Waals surface area (Å²) in [5, 5.41) is 99.0. The molecule has 0 radical (unpaired) electrons. The number of fused-ring (bicyclic) bond motifs is 8. The molecule has 16 aromatic rings. The number of imidazole rings is 3. The summed E-state index contributed by atoms with van der Waals surface area (Å²) in [7, 11) is 1.84. The summed E-state index contributed by atoms with van der Waals surface area (Å²) in [5.74, 6) is 1.87. The third kappa shape index (κ3) is 16.6. The van der Waals surface area contributed by atoms with Gasteiger partial charge in [-0.25, -0.2) is 43.9 Å². The largest absolute Gasteiger partial charge is 0.506 e. The van der Waals surface area contributed by atoms with Gasteiger partial charge in [0.25, 0.3) is 5.13 Å². The normalized spacial score (nSPS) is 12.0. The number of phenols is 1. The molecule has 0 saturated heterocycles. The number of aromatic hydroxyl groups is 1. The predicted molar refractivity (Wildman–Crippen MR) is 391 cm³/mol. The van der Waals surface area contributed by atoms with E-state index >= 15 is 0 Å². The standard InChI is InChI=1S/C15H11N7S.C14H9Cl2N7.C14H13N7O.C12H8N6OS.C10H9N5O2S/c1-9-10(7-16)15(23-21-9)20-19-12(8-17)14-18-11-5-3-4-6-13(11)22(14)2;1-7-11(20-21-13-10(15)12(16)17-6-18-13)14-19-8-4-2-3-5-9(8)23(14)22-7;1-3-11-16-14(22-20-11)18-17-12-8(2)19-21-10-7-5-4-6-9(10)15-13(12)21;1-7-14-12(20-18-7)17-16-9(6-13)11-15-8-4-2-3-5-10(8)19-11;1-6(16)12-8-4-7(2-3-9(8)17)13-15-10-14-11-5-18-10/h3-6,12H,1-2H3;2-6,22H,1H3;4-7,19H,3H2,1-2H3;2-5,9H,1H3;2-5,17H,1H3,(H,12,16). The van der Waals surface area contributed by atoms with Crippen molar-refractivity contribution in [3.8, 4) is 24.0 Å². The number of anilines is 1. The highest BCUT2D eigenvalue weighted by molar-refractivity contribution is 7.13. The first-order valence-corrected chi connectivity index (χ1v) is 34.2. The Morgan fingerprint density at radius 3 is 1.93 bits per heavy atom. The third-order valence-electron chi connectivity index (χ3n) is 14.5. The monoisotopic (exact) mass is 1510 g/mol. The van der Waals surface area contributed by atoms with Crippen LogP contribution in [0.25, 0.3) is 55.5 Å². The number of nitriles is 3. The maximum atomic E-state index is 10.9. The predicted octanol–water partition coefficient (Wildman–Crippen LogP) is 17.6. The van der Waals surface area contributed by atoms with Crippen LogP contribution in [0.3, 0.4) is 0 Å². The van der Waals surface area contributed by atoms with E-state index < -0.39 is 12.1 Å². The molecule has 11 aromatic heterocycles. The molecule has 5 aromatic carbocycles. The fourth-order valence-corrected chi connectivity index (χ4v) is 11.4. The molecule has 36 nitrogen and oxygen atoms in total. The smallest absolute Gasteiger partial charge is 0.366 e. The minimum atomic E-state index is -0.897. The van der Waals surface area contributed by atoms with Crippen molar-refractivity contribution < 1.29 is 18.8 Å². The molecule has 0 aliphatic carbocycles. The van der Waals surface area contributed by atoms with Crippen molar-refractivity contribution >= 4 is 169 Å². The first kappa shape index (κ1) is 72.1. The number of oxazole rings is 1. The Hall–Kier alpha value is -13.7. The Morgan fingerprint density at radius 1 is 0.689 bits per heavy atom. The summed E-state index contributed by atoms with van der Waals surface area (Å²) in [5.41, 5.74) is 14.5. The molecule has 106 heavy (non-hydrogen) atoms. The number of para-hydroxylation sites is 8. The van der Waals surface area contributed by atoms with Gasteiger partial charge in [-0.2, -0.15) is 39.7 Å². The van der Waals surface area contributed by atoms with E-state index in [4.69, 9.17) is 42.7 Å². The molecule has 526 valence electrons. The Kier molecular flexibility index (Phi) is 22.5. The van der Waals surface area contributed by atoms with E-state index in [-0.39, 0.29) is 45.2 Å². The zero-order chi connectivity index (χ0) is 74.4. The number of amides is 1. The molecule has 0 bridgehead atoms. The van der Waals surface area contributed by atoms with Gasteiger partial charge in [0.15, 0.2) is 55.9 Å². The molecule has 11 heterocycles. The minimum Gasteiger partial charge on any atom is -0.506 e. The third-order valence-corrected chi connectivity index (χ3v) is 17.4. The van der Waals surface area contributed by atoms with Crippen LogP contribution in [0.5, 0.6) is 5.75 Å². The molecule has 16 rings (SSSR count). The van der Waals surface area contributed by atoms with Crippen LogP contribution in [0.1, 0.15) is 71.9 Å². The highest BCUT2D eigenvalue weighted by Crippen LogP contribution is 2.36. The average Bonchev–Trinajstić information content (AvgIpc) is 1.61. The van der Waals surface area contributed by atoms with Crippen molar-refractivity contribution in [2.75, 3.05) is 5.32 Å². The molecule has 0 aliphatic heterocycles. The molecule has 0 spiro atoms. The number of carbonyl (C=O) groups excluding carboxylic acids is 1. The number of nitrogens with zero attached hydrogens (tertiary/aromatic N) is 29. The molecule has 0 saturated carbocycles. The molecule has 2 atom stereocenters. The van der Waals surface area contributed by atoms with Gasteiger partial charge in [-0.3, -0.25) is 15.0 Å². The van der Waals surface area contributed by atoms with E-state index in [1.165, 1.54) is 36.7 Å². The summed E-state index contributed by atoms with van der Waals surface area (Å²) in [6.07, 6.45) is 1.98. The van der Waals surface area contributed by atoms with Gasteiger partial charge < -0.3 is 23.9 Å². The number of azo groups is 5. The fraction of sp³-hybridized carbons (Fsp3) is 0.154. The molecular weight excluding hydrogens is 1460 g/mol. The second kappa shape index (κ2) is 33.0. The fourth-order valence-electron chi connectivity index (χ4n) is 9.61.